The predicted octanol–water partition coefficient (Wildman–Crippen LogP) is 1.50. The van der Waals surface area contributed by atoms with E-state index in [9.17, 15) is 5.11 Å². The maximum atomic E-state index is 9.98. The van der Waals surface area contributed by atoms with E-state index in [0.29, 0.717) is 6.42 Å². The fourth-order valence-corrected chi connectivity index (χ4v) is 4.11. The summed E-state index contributed by atoms with van der Waals surface area (Å²) in [4.78, 5) is 2.36. The Morgan fingerprint density at radius 1 is 1.43 bits per heavy atom. The van der Waals surface area contributed by atoms with Gasteiger partial charge in [0.1, 0.15) is 6.10 Å². The monoisotopic (exact) mass is 287 g/mol. The molecule has 0 unspecified atom stereocenters. The minimum absolute atomic E-state index is 0.0110. The first-order chi connectivity index (χ1) is 10.1. The van der Waals surface area contributed by atoms with Gasteiger partial charge in [0.2, 0.25) is 0 Å². The van der Waals surface area contributed by atoms with Gasteiger partial charge in [-0.2, -0.15) is 0 Å². The molecule has 4 rings (SSSR count). The second kappa shape index (κ2) is 4.49. The smallest absolute Gasteiger partial charge is 0.166 e. The third-order valence-corrected chi connectivity index (χ3v) is 5.09. The van der Waals surface area contributed by atoms with Gasteiger partial charge in [-0.25, -0.2) is 0 Å². The van der Waals surface area contributed by atoms with E-state index in [1.807, 2.05) is 12.1 Å². The Labute approximate surface area is 125 Å². The molecule has 2 heterocycles. The molecule has 1 aromatic carbocycles. The first-order valence-electron chi connectivity index (χ1n) is 7.57. The average Bonchev–Trinajstić information content (AvgIpc) is 2.71. The molecule has 21 heavy (non-hydrogen) atoms. The molecule has 4 nitrogen and oxygen atoms in total. The molecule has 3 aliphatic rings. The molecule has 0 radical (unpaired) electrons. The van der Waals surface area contributed by atoms with E-state index in [4.69, 9.17) is 9.47 Å². The summed E-state index contributed by atoms with van der Waals surface area (Å²) < 4.78 is 11.8. The van der Waals surface area contributed by atoms with Crippen molar-refractivity contribution in [1.29, 1.82) is 0 Å². The van der Waals surface area contributed by atoms with Crippen molar-refractivity contribution >= 4 is 0 Å². The van der Waals surface area contributed by atoms with E-state index in [-0.39, 0.29) is 11.5 Å². The van der Waals surface area contributed by atoms with Crippen LogP contribution < -0.4 is 9.47 Å². The van der Waals surface area contributed by atoms with Crippen molar-refractivity contribution in [2.45, 2.75) is 30.5 Å². The largest absolute Gasteiger partial charge is 0.493 e. The minimum Gasteiger partial charge on any atom is -0.493 e. The molecule has 112 valence electrons. The van der Waals surface area contributed by atoms with Crippen LogP contribution >= 0.6 is 0 Å². The molecule has 1 spiro atoms. The molecule has 1 N–H and O–H groups in total. The number of benzene rings is 1. The molecular weight excluding hydrogens is 266 g/mol. The van der Waals surface area contributed by atoms with Crippen LogP contribution in [0.15, 0.2) is 24.3 Å². The Morgan fingerprint density at radius 2 is 2.29 bits per heavy atom. The normalized spacial score (nSPS) is 33.9. The fourth-order valence-electron chi connectivity index (χ4n) is 4.11. The number of nitrogens with zero attached hydrogens (tertiary/aromatic N) is 1. The van der Waals surface area contributed by atoms with Crippen LogP contribution in [0.4, 0.5) is 0 Å². The van der Waals surface area contributed by atoms with Gasteiger partial charge in [-0.1, -0.05) is 18.2 Å². The summed E-state index contributed by atoms with van der Waals surface area (Å²) in [5.41, 5.74) is 2.47. The van der Waals surface area contributed by atoms with Crippen LogP contribution in [0.5, 0.6) is 11.5 Å². The Hall–Kier alpha value is -1.52. The second-order valence-electron chi connectivity index (χ2n) is 6.43. The third-order valence-electron chi connectivity index (χ3n) is 5.09. The number of aliphatic hydroxyl groups is 1. The summed E-state index contributed by atoms with van der Waals surface area (Å²) in [7, 11) is 3.84. The fraction of sp³-hybridized carbons (Fsp3) is 0.529. The Morgan fingerprint density at radius 3 is 3.10 bits per heavy atom. The summed E-state index contributed by atoms with van der Waals surface area (Å²) in [6, 6.07) is 4.17. The zero-order chi connectivity index (χ0) is 14.6. The predicted molar refractivity (Wildman–Crippen MR) is 80.1 cm³/mol. The van der Waals surface area contributed by atoms with Gasteiger partial charge in [-0.15, -0.1) is 0 Å². The minimum atomic E-state index is -0.419. The number of hydrogen-bond donors (Lipinski definition) is 1. The van der Waals surface area contributed by atoms with Crippen molar-refractivity contribution < 1.29 is 14.6 Å². The molecule has 0 saturated carbocycles. The van der Waals surface area contributed by atoms with Gasteiger partial charge < -0.3 is 19.5 Å². The quantitative estimate of drug-likeness (QED) is 0.795. The van der Waals surface area contributed by atoms with Crippen LogP contribution in [0.25, 0.3) is 0 Å². The zero-order valence-electron chi connectivity index (χ0n) is 12.5. The van der Waals surface area contributed by atoms with Gasteiger partial charge in [0.05, 0.1) is 18.6 Å². The second-order valence-corrected chi connectivity index (χ2v) is 6.43. The van der Waals surface area contributed by atoms with E-state index in [2.05, 4.69) is 24.1 Å². The highest BCUT2D eigenvalue weighted by Gasteiger charge is 2.53. The van der Waals surface area contributed by atoms with Crippen LogP contribution in [-0.2, 0) is 11.8 Å². The summed E-state index contributed by atoms with van der Waals surface area (Å²) in [5, 5.41) is 9.98. The molecule has 1 aromatic rings. The van der Waals surface area contributed by atoms with Crippen LogP contribution in [-0.4, -0.2) is 49.5 Å². The molecule has 0 saturated heterocycles. The SMILES string of the molecule is COc1ccc2c3c1O[C@H]1C[C@@H](O)C=C[C@@]31CN(C)CC2. The molecule has 4 heteroatoms. The van der Waals surface area contributed by atoms with Crippen molar-refractivity contribution in [3.63, 3.8) is 0 Å². The first-order valence-corrected chi connectivity index (χ1v) is 7.57. The van der Waals surface area contributed by atoms with Crippen LogP contribution in [0.2, 0.25) is 0 Å². The Bertz CT molecular complexity index is 612. The van der Waals surface area contributed by atoms with Crippen LogP contribution in [0.1, 0.15) is 17.5 Å². The van der Waals surface area contributed by atoms with Gasteiger partial charge in [0.25, 0.3) is 0 Å². The summed E-state index contributed by atoms with van der Waals surface area (Å²) >= 11 is 0. The lowest BCUT2D eigenvalue weighted by Gasteiger charge is -2.37. The molecule has 1 aliphatic carbocycles. The topological polar surface area (TPSA) is 41.9 Å². The van der Waals surface area contributed by atoms with Gasteiger partial charge in [-0.3, -0.25) is 0 Å². The first kappa shape index (κ1) is 13.2. The third kappa shape index (κ3) is 1.75. The number of ether oxygens (including phenoxy) is 2. The molecule has 3 atom stereocenters. The van der Waals surface area contributed by atoms with Gasteiger partial charge in [0.15, 0.2) is 11.5 Å². The summed E-state index contributed by atoms with van der Waals surface area (Å²) in [5.74, 6) is 1.68. The molecule has 0 fully saturated rings. The summed E-state index contributed by atoms with van der Waals surface area (Å²) in [6.45, 7) is 1.97. The number of aliphatic hydroxyl groups excluding tert-OH is 1. The zero-order valence-corrected chi connectivity index (χ0v) is 12.5. The van der Waals surface area contributed by atoms with Crippen molar-refractivity contribution in [3.05, 3.63) is 35.4 Å². The van der Waals surface area contributed by atoms with E-state index in [1.54, 1.807) is 7.11 Å². The molecule has 2 aliphatic heterocycles. The maximum absolute atomic E-state index is 9.98. The lowest BCUT2D eigenvalue weighted by atomic mass is 9.70. The molecular formula is C17H21NO3. The highest BCUT2D eigenvalue weighted by atomic mass is 16.5. The molecule has 0 bridgehead atoms. The lowest BCUT2D eigenvalue weighted by Crippen LogP contribution is -2.48. The number of rotatable bonds is 1. The van der Waals surface area contributed by atoms with Crippen molar-refractivity contribution in [1.82, 2.24) is 4.90 Å². The van der Waals surface area contributed by atoms with Gasteiger partial charge >= 0.3 is 0 Å². The van der Waals surface area contributed by atoms with Crippen LogP contribution in [0.3, 0.4) is 0 Å². The average molecular weight is 287 g/mol. The summed E-state index contributed by atoms with van der Waals surface area (Å²) in [6.07, 6.45) is 5.33. The van der Waals surface area contributed by atoms with Gasteiger partial charge in [-0.05, 0) is 25.1 Å². The van der Waals surface area contributed by atoms with Crippen molar-refractivity contribution in [2.24, 2.45) is 0 Å². The Kier molecular flexibility index (Phi) is 2.81. The number of methoxy groups -OCH3 is 1. The van der Waals surface area contributed by atoms with Crippen molar-refractivity contribution in [2.75, 3.05) is 27.2 Å². The number of hydrogen-bond acceptors (Lipinski definition) is 4. The van der Waals surface area contributed by atoms with Crippen molar-refractivity contribution in [3.8, 4) is 11.5 Å². The maximum Gasteiger partial charge on any atom is 0.166 e. The standard InChI is InChI=1S/C17H21NO3/c1-18-8-6-11-3-4-13(20-2)16-15(11)17(10-18)7-5-12(19)9-14(17)21-16/h3-5,7,12,14,19H,6,8-10H2,1-2H3/t12-,14-,17-/m0/s1. The van der Waals surface area contributed by atoms with E-state index < -0.39 is 6.10 Å². The highest BCUT2D eigenvalue weighted by molar-refractivity contribution is 5.61. The van der Waals surface area contributed by atoms with Crippen LogP contribution in [0, 0.1) is 0 Å². The molecule has 0 amide bonds. The molecule has 0 aromatic heterocycles. The Balaban J connectivity index is 1.96. The number of likely N-dealkylation sites (N-methyl/N-ethyl adjacent to an activating group) is 1. The van der Waals surface area contributed by atoms with Gasteiger partial charge in [0, 0.05) is 25.1 Å². The van der Waals surface area contributed by atoms with E-state index >= 15 is 0 Å². The van der Waals surface area contributed by atoms with E-state index in [1.165, 1.54) is 11.1 Å². The highest BCUT2D eigenvalue weighted by Crippen LogP contribution is 2.54. The van der Waals surface area contributed by atoms with E-state index in [0.717, 1.165) is 31.0 Å². The lowest BCUT2D eigenvalue weighted by molar-refractivity contribution is 0.0757.